The Labute approximate surface area is 237 Å². The number of morpholine rings is 1. The Bertz CT molecular complexity index is 822. The fourth-order valence-electron chi connectivity index (χ4n) is 5.53. The third-order valence-corrected chi connectivity index (χ3v) is 8.04. The molecule has 3 amide bonds. The Hall–Kier alpha value is -1.97. The van der Waals surface area contributed by atoms with Crippen LogP contribution in [-0.4, -0.2) is 110 Å². The van der Waals surface area contributed by atoms with Crippen molar-refractivity contribution in [2.24, 2.45) is 11.8 Å². The molecule has 2 aliphatic heterocycles. The molecule has 2 N–H and O–H groups in total. The third kappa shape index (κ3) is 10.2. The lowest BCUT2D eigenvalue weighted by Gasteiger charge is -2.39. The maximum atomic E-state index is 13.7. The maximum absolute atomic E-state index is 13.7. The van der Waals surface area contributed by atoms with Crippen molar-refractivity contribution >= 4 is 17.7 Å². The average molecular weight is 550 g/mol. The van der Waals surface area contributed by atoms with Crippen LogP contribution in [0.4, 0.5) is 0 Å². The first-order chi connectivity index (χ1) is 18.4. The van der Waals surface area contributed by atoms with Crippen LogP contribution in [0.2, 0.25) is 0 Å². The number of nitrogens with zero attached hydrogens (tertiary/aromatic N) is 3. The second-order valence-electron chi connectivity index (χ2n) is 12.2. The van der Waals surface area contributed by atoms with Gasteiger partial charge >= 0.3 is 0 Å². The Kier molecular flexibility index (Phi) is 13.9. The monoisotopic (exact) mass is 549 g/mol. The van der Waals surface area contributed by atoms with Crippen LogP contribution in [0.1, 0.15) is 74.1 Å². The van der Waals surface area contributed by atoms with Gasteiger partial charge in [0.15, 0.2) is 0 Å². The molecule has 3 atom stereocenters. The fourth-order valence-corrected chi connectivity index (χ4v) is 5.53. The molecular formula is C30H55N5O4. The predicted octanol–water partition coefficient (Wildman–Crippen LogP) is 2.66. The van der Waals surface area contributed by atoms with E-state index in [0.717, 1.165) is 65.1 Å². The van der Waals surface area contributed by atoms with Crippen molar-refractivity contribution < 1.29 is 19.1 Å². The number of likely N-dealkylation sites (N-methyl/N-ethyl adjacent to an activating group) is 1. The van der Waals surface area contributed by atoms with Gasteiger partial charge in [0.1, 0.15) is 6.04 Å². The van der Waals surface area contributed by atoms with Crippen LogP contribution in [-0.2, 0) is 19.1 Å². The van der Waals surface area contributed by atoms with Crippen LogP contribution in [0.3, 0.4) is 0 Å². The van der Waals surface area contributed by atoms with Gasteiger partial charge in [0.2, 0.25) is 17.7 Å². The van der Waals surface area contributed by atoms with E-state index in [0.29, 0.717) is 12.1 Å². The van der Waals surface area contributed by atoms with Crippen molar-refractivity contribution in [3.63, 3.8) is 0 Å². The molecule has 39 heavy (non-hydrogen) atoms. The van der Waals surface area contributed by atoms with E-state index in [9.17, 15) is 14.4 Å². The number of hydrogen-bond acceptors (Lipinski definition) is 6. The van der Waals surface area contributed by atoms with Gasteiger partial charge < -0.3 is 20.3 Å². The van der Waals surface area contributed by atoms with Crippen molar-refractivity contribution in [3.05, 3.63) is 11.6 Å². The van der Waals surface area contributed by atoms with E-state index >= 15 is 0 Å². The summed E-state index contributed by atoms with van der Waals surface area (Å²) >= 11 is 0. The van der Waals surface area contributed by atoms with Crippen LogP contribution in [0.15, 0.2) is 11.6 Å². The quantitative estimate of drug-likeness (QED) is 0.271. The van der Waals surface area contributed by atoms with Gasteiger partial charge in [0.05, 0.1) is 25.3 Å². The molecule has 224 valence electrons. The largest absolute Gasteiger partial charge is 0.379 e. The number of likely N-dealkylation sites (tertiary alicyclic amines) is 1. The number of nitrogens with one attached hydrogen (secondary N) is 2. The standard InChI is InChI=1S/C30H55N5O4/c1-21(2)26(20-24(7)28(36)31-13-11-14-34-16-18-39-19-17-34)33(8)30(38)27(22(3)4)32-29(37)25-12-9-10-15-35(25)23(5)6/h20-23,25-27H,9-19H2,1-8H3,(H,31,36)(H,32,37)/b24-20+/t25?,26-,27+/m1/s1. The van der Waals surface area contributed by atoms with E-state index < -0.39 is 6.04 Å². The van der Waals surface area contributed by atoms with E-state index in [-0.39, 0.29) is 47.7 Å². The van der Waals surface area contributed by atoms with Gasteiger partial charge in [-0.25, -0.2) is 0 Å². The van der Waals surface area contributed by atoms with Gasteiger partial charge in [-0.1, -0.05) is 40.2 Å². The van der Waals surface area contributed by atoms with Crippen LogP contribution in [0, 0.1) is 11.8 Å². The normalized spacial score (nSPS) is 21.2. The van der Waals surface area contributed by atoms with Crippen LogP contribution in [0.25, 0.3) is 0 Å². The highest BCUT2D eigenvalue weighted by Crippen LogP contribution is 2.21. The molecule has 2 saturated heterocycles. The highest BCUT2D eigenvalue weighted by molar-refractivity contribution is 5.93. The van der Waals surface area contributed by atoms with Gasteiger partial charge in [-0.05, 0) is 65.0 Å². The summed E-state index contributed by atoms with van der Waals surface area (Å²) in [5.41, 5.74) is 0.597. The topological polar surface area (TPSA) is 94.2 Å². The molecule has 9 nitrogen and oxygen atoms in total. The number of carbonyl (C=O) groups excluding carboxylic acids is 3. The number of hydrogen-bond donors (Lipinski definition) is 2. The summed E-state index contributed by atoms with van der Waals surface area (Å²) in [5, 5.41) is 6.12. The second-order valence-corrected chi connectivity index (χ2v) is 12.2. The molecule has 2 heterocycles. The summed E-state index contributed by atoms with van der Waals surface area (Å²) in [6.45, 7) is 19.9. The first-order valence-electron chi connectivity index (χ1n) is 15.0. The van der Waals surface area contributed by atoms with Crippen molar-refractivity contribution in [2.75, 3.05) is 53.0 Å². The fraction of sp³-hybridized carbons (Fsp3) is 0.833. The Morgan fingerprint density at radius 1 is 1.00 bits per heavy atom. The summed E-state index contributed by atoms with van der Waals surface area (Å²) < 4.78 is 5.39. The Morgan fingerprint density at radius 3 is 2.26 bits per heavy atom. The maximum Gasteiger partial charge on any atom is 0.246 e. The van der Waals surface area contributed by atoms with Crippen LogP contribution < -0.4 is 10.6 Å². The van der Waals surface area contributed by atoms with E-state index in [1.165, 1.54) is 0 Å². The summed E-state index contributed by atoms with van der Waals surface area (Å²) in [7, 11) is 1.78. The van der Waals surface area contributed by atoms with Gasteiger partial charge in [-0.15, -0.1) is 0 Å². The minimum Gasteiger partial charge on any atom is -0.379 e. The van der Waals surface area contributed by atoms with Crippen LogP contribution in [0.5, 0.6) is 0 Å². The molecular weight excluding hydrogens is 494 g/mol. The first kappa shape index (κ1) is 33.2. The number of carbonyl (C=O) groups is 3. The first-order valence-corrected chi connectivity index (χ1v) is 15.0. The highest BCUT2D eigenvalue weighted by atomic mass is 16.5. The molecule has 0 aromatic rings. The number of amides is 3. The molecule has 0 aliphatic carbocycles. The van der Waals surface area contributed by atoms with E-state index in [4.69, 9.17) is 4.74 Å². The summed E-state index contributed by atoms with van der Waals surface area (Å²) in [6, 6.07) is -0.812. The molecule has 0 bridgehead atoms. The number of piperidine rings is 1. The van der Waals surface area contributed by atoms with Crippen molar-refractivity contribution in [2.45, 2.75) is 98.3 Å². The molecule has 9 heteroatoms. The zero-order valence-electron chi connectivity index (χ0n) is 25.8. The highest BCUT2D eigenvalue weighted by Gasteiger charge is 2.36. The molecule has 2 fully saturated rings. The summed E-state index contributed by atoms with van der Waals surface area (Å²) in [6.07, 6.45) is 5.71. The Balaban J connectivity index is 2.01. The lowest BCUT2D eigenvalue weighted by molar-refractivity contribution is -0.140. The van der Waals surface area contributed by atoms with Gasteiger partial charge in [-0.3, -0.25) is 24.2 Å². The van der Waals surface area contributed by atoms with Crippen molar-refractivity contribution in [1.82, 2.24) is 25.3 Å². The average Bonchev–Trinajstić information content (AvgIpc) is 2.91. The smallest absolute Gasteiger partial charge is 0.246 e. The number of rotatable bonds is 13. The molecule has 1 unspecified atom stereocenters. The third-order valence-electron chi connectivity index (χ3n) is 8.04. The molecule has 2 aliphatic rings. The molecule has 2 rings (SSSR count). The SMILES string of the molecule is C/C(=C\[C@H](C(C)C)N(C)C(=O)[C@@H](NC(=O)C1CCCCN1C(C)C)C(C)C)C(=O)NCCCN1CCOCC1. The van der Waals surface area contributed by atoms with Crippen molar-refractivity contribution in [1.29, 1.82) is 0 Å². The minimum absolute atomic E-state index is 0.0619. The summed E-state index contributed by atoms with van der Waals surface area (Å²) in [5.74, 6) is -0.260. The zero-order chi connectivity index (χ0) is 29.1. The van der Waals surface area contributed by atoms with Gasteiger partial charge in [-0.2, -0.15) is 0 Å². The molecule has 0 radical (unpaired) electrons. The van der Waals surface area contributed by atoms with E-state index in [1.54, 1.807) is 18.9 Å². The van der Waals surface area contributed by atoms with E-state index in [1.807, 2.05) is 33.8 Å². The number of ether oxygens (including phenoxy) is 1. The summed E-state index contributed by atoms with van der Waals surface area (Å²) in [4.78, 5) is 46.2. The van der Waals surface area contributed by atoms with E-state index in [2.05, 4.69) is 34.3 Å². The van der Waals surface area contributed by atoms with Crippen molar-refractivity contribution in [3.8, 4) is 0 Å². The molecule has 0 saturated carbocycles. The lowest BCUT2D eigenvalue weighted by atomic mass is 9.95. The molecule has 0 aromatic heterocycles. The lowest BCUT2D eigenvalue weighted by Crippen LogP contribution is -2.58. The van der Waals surface area contributed by atoms with Gasteiger partial charge in [0, 0.05) is 38.3 Å². The second kappa shape index (κ2) is 16.3. The molecule has 0 spiro atoms. The predicted molar refractivity (Wildman–Crippen MR) is 156 cm³/mol. The molecule has 0 aromatic carbocycles. The zero-order valence-corrected chi connectivity index (χ0v) is 25.8. The van der Waals surface area contributed by atoms with Crippen LogP contribution >= 0.6 is 0 Å². The minimum atomic E-state index is -0.623. The van der Waals surface area contributed by atoms with Gasteiger partial charge in [0.25, 0.3) is 0 Å². The Morgan fingerprint density at radius 2 is 1.67 bits per heavy atom.